The maximum absolute atomic E-state index is 12.4. The van der Waals surface area contributed by atoms with E-state index in [1.165, 1.54) is 5.56 Å². The van der Waals surface area contributed by atoms with Gasteiger partial charge in [-0.05, 0) is 36.8 Å². The highest BCUT2D eigenvalue weighted by molar-refractivity contribution is 5.93. The summed E-state index contributed by atoms with van der Waals surface area (Å²) < 4.78 is 0. The average Bonchev–Trinajstić information content (AvgIpc) is 2.42. The Bertz CT molecular complexity index is 526. The van der Waals surface area contributed by atoms with Crippen LogP contribution in [0.25, 0.3) is 0 Å². The number of amides is 2. The molecule has 1 aromatic rings. The molecule has 0 atom stereocenters. The zero-order chi connectivity index (χ0) is 14.8. The zero-order valence-electron chi connectivity index (χ0n) is 12.9. The Morgan fingerprint density at radius 1 is 1.30 bits per heavy atom. The first-order chi connectivity index (χ1) is 9.39. The van der Waals surface area contributed by atoms with E-state index < -0.39 is 0 Å². The lowest BCUT2D eigenvalue weighted by Gasteiger charge is -2.29. The van der Waals surface area contributed by atoms with Crippen molar-refractivity contribution < 1.29 is 4.79 Å². The number of hydrogen-bond donors (Lipinski definition) is 1. The summed E-state index contributed by atoms with van der Waals surface area (Å²) in [5.74, 6) is 0. The van der Waals surface area contributed by atoms with Crippen LogP contribution < -0.4 is 10.2 Å². The predicted molar refractivity (Wildman–Crippen MR) is 83.9 cm³/mol. The highest BCUT2D eigenvalue weighted by Crippen LogP contribution is 2.27. The van der Waals surface area contributed by atoms with Crippen molar-refractivity contribution >= 4 is 11.7 Å². The van der Waals surface area contributed by atoms with Crippen LogP contribution in [0.2, 0.25) is 0 Å². The van der Waals surface area contributed by atoms with Gasteiger partial charge in [0.2, 0.25) is 0 Å². The van der Waals surface area contributed by atoms with Crippen molar-refractivity contribution in [1.82, 2.24) is 5.32 Å². The van der Waals surface area contributed by atoms with Gasteiger partial charge in [0.05, 0.1) is 0 Å². The number of carbonyl (C=O) groups excluding carboxylic acids is 1. The summed E-state index contributed by atoms with van der Waals surface area (Å²) in [5, 5.41) is 2.92. The Morgan fingerprint density at radius 2 is 2.00 bits per heavy atom. The van der Waals surface area contributed by atoms with Crippen LogP contribution >= 0.6 is 0 Å². The first kappa shape index (κ1) is 14.6. The van der Waals surface area contributed by atoms with Crippen molar-refractivity contribution in [3.05, 3.63) is 41.6 Å². The normalized spacial score (nSPS) is 15.8. The van der Waals surface area contributed by atoms with Gasteiger partial charge in [-0.15, -0.1) is 0 Å². The quantitative estimate of drug-likeness (QED) is 0.820. The van der Waals surface area contributed by atoms with Gasteiger partial charge in [0.1, 0.15) is 0 Å². The molecule has 0 aliphatic carbocycles. The molecule has 0 spiro atoms. The summed E-state index contributed by atoms with van der Waals surface area (Å²) in [6.45, 7) is 9.25. The van der Waals surface area contributed by atoms with Crippen molar-refractivity contribution in [1.29, 1.82) is 0 Å². The Kier molecular flexibility index (Phi) is 4.17. The minimum absolute atomic E-state index is 0.0410. The first-order valence-electron chi connectivity index (χ1n) is 7.23. The number of anilines is 1. The number of hydrogen-bond acceptors (Lipinski definition) is 1. The summed E-state index contributed by atoms with van der Waals surface area (Å²) >= 11 is 0. The molecule has 2 rings (SSSR count). The van der Waals surface area contributed by atoms with E-state index in [2.05, 4.69) is 32.2 Å². The van der Waals surface area contributed by atoms with Crippen molar-refractivity contribution in [3.8, 4) is 0 Å². The summed E-state index contributed by atoms with van der Waals surface area (Å²) in [5.41, 5.74) is 3.53. The topological polar surface area (TPSA) is 32.3 Å². The summed E-state index contributed by atoms with van der Waals surface area (Å²) in [6.07, 6.45) is 3.91. The van der Waals surface area contributed by atoms with Crippen LogP contribution in [0.5, 0.6) is 0 Å². The number of rotatable bonds is 1. The lowest BCUT2D eigenvalue weighted by atomic mass is 9.88. The van der Waals surface area contributed by atoms with E-state index in [1.807, 2.05) is 36.2 Å². The van der Waals surface area contributed by atoms with Crippen LogP contribution in [0.3, 0.4) is 0 Å². The lowest BCUT2D eigenvalue weighted by Crippen LogP contribution is -2.41. The molecule has 0 aromatic heterocycles. The highest BCUT2D eigenvalue weighted by atomic mass is 16.2. The van der Waals surface area contributed by atoms with Gasteiger partial charge < -0.3 is 5.32 Å². The molecule has 0 saturated heterocycles. The predicted octanol–water partition coefficient (Wildman–Crippen LogP) is 4.10. The second kappa shape index (κ2) is 5.70. The smallest absolute Gasteiger partial charge is 0.314 e. The molecule has 1 aliphatic heterocycles. The molecular formula is C17H24N2O. The maximum atomic E-state index is 12.4. The molecular weight excluding hydrogens is 248 g/mol. The molecule has 1 aliphatic rings. The number of allylic oxidation sites excluding steroid dienone is 1. The number of para-hydroxylation sites is 1. The Labute approximate surface area is 121 Å². The largest absolute Gasteiger partial charge is 0.325 e. The van der Waals surface area contributed by atoms with Crippen LogP contribution in [0, 0.1) is 5.41 Å². The third-order valence-electron chi connectivity index (χ3n) is 3.95. The second-order valence-electron chi connectivity index (χ2n) is 6.41. The summed E-state index contributed by atoms with van der Waals surface area (Å²) in [6, 6.07) is 8.10. The van der Waals surface area contributed by atoms with Crippen molar-refractivity contribution in [2.75, 3.05) is 11.4 Å². The number of nitrogens with one attached hydrogen (secondary N) is 1. The minimum atomic E-state index is -0.0410. The van der Waals surface area contributed by atoms with Gasteiger partial charge in [0.15, 0.2) is 0 Å². The number of nitrogens with zero attached hydrogens (tertiary/aromatic N) is 1. The van der Waals surface area contributed by atoms with Crippen molar-refractivity contribution in [2.45, 2.75) is 40.5 Å². The van der Waals surface area contributed by atoms with Gasteiger partial charge in [-0.25, -0.2) is 4.79 Å². The van der Waals surface area contributed by atoms with Crippen LogP contribution in [0.4, 0.5) is 10.5 Å². The van der Waals surface area contributed by atoms with Crippen LogP contribution in [-0.4, -0.2) is 12.6 Å². The maximum Gasteiger partial charge on any atom is 0.325 e. The van der Waals surface area contributed by atoms with Crippen LogP contribution in [-0.2, 0) is 6.42 Å². The van der Waals surface area contributed by atoms with Gasteiger partial charge in [0.25, 0.3) is 0 Å². The van der Waals surface area contributed by atoms with E-state index in [0.717, 1.165) is 30.6 Å². The van der Waals surface area contributed by atoms with Crippen LogP contribution in [0.1, 0.15) is 39.7 Å². The monoisotopic (exact) mass is 272 g/mol. The molecule has 20 heavy (non-hydrogen) atoms. The third kappa shape index (κ3) is 3.21. The molecule has 1 heterocycles. The standard InChI is InChI=1S/C17H24N2O/c1-13(17(2,3)4)12-18-16(20)19-11-7-9-14-8-5-6-10-15(14)19/h5-6,8,10,12H,7,9,11H2,1-4H3,(H,18,20)/b13-12+. The Morgan fingerprint density at radius 3 is 2.70 bits per heavy atom. The molecule has 108 valence electrons. The third-order valence-corrected chi connectivity index (χ3v) is 3.95. The zero-order valence-corrected chi connectivity index (χ0v) is 12.9. The molecule has 2 amide bonds. The molecule has 1 aromatic carbocycles. The Hall–Kier alpha value is -1.77. The van der Waals surface area contributed by atoms with E-state index in [9.17, 15) is 4.79 Å². The van der Waals surface area contributed by atoms with Gasteiger partial charge in [-0.1, -0.05) is 44.5 Å². The molecule has 0 bridgehead atoms. The SMILES string of the molecule is C/C(=C\NC(=O)N1CCCc2ccccc21)C(C)(C)C. The summed E-state index contributed by atoms with van der Waals surface area (Å²) in [4.78, 5) is 14.2. The van der Waals surface area contributed by atoms with Crippen molar-refractivity contribution in [2.24, 2.45) is 5.41 Å². The lowest BCUT2D eigenvalue weighted by molar-refractivity contribution is 0.248. The molecule has 3 nitrogen and oxygen atoms in total. The molecule has 0 radical (unpaired) electrons. The molecule has 3 heteroatoms. The van der Waals surface area contributed by atoms with Crippen LogP contribution in [0.15, 0.2) is 36.0 Å². The average molecular weight is 272 g/mol. The molecule has 0 saturated carbocycles. The van der Waals surface area contributed by atoms with E-state index in [4.69, 9.17) is 0 Å². The van der Waals surface area contributed by atoms with Gasteiger partial charge >= 0.3 is 6.03 Å². The van der Waals surface area contributed by atoms with Gasteiger partial charge in [-0.2, -0.15) is 0 Å². The highest BCUT2D eigenvalue weighted by Gasteiger charge is 2.21. The number of fused-ring (bicyclic) bond motifs is 1. The fourth-order valence-corrected chi connectivity index (χ4v) is 2.21. The fourth-order valence-electron chi connectivity index (χ4n) is 2.21. The Balaban J connectivity index is 2.12. The van der Waals surface area contributed by atoms with E-state index in [1.54, 1.807) is 0 Å². The molecule has 0 unspecified atom stereocenters. The van der Waals surface area contributed by atoms with Gasteiger partial charge in [-0.3, -0.25) is 4.90 Å². The number of benzene rings is 1. The number of urea groups is 1. The molecule has 0 fully saturated rings. The summed E-state index contributed by atoms with van der Waals surface area (Å²) in [7, 11) is 0. The van der Waals surface area contributed by atoms with Crippen molar-refractivity contribution in [3.63, 3.8) is 0 Å². The second-order valence-corrected chi connectivity index (χ2v) is 6.41. The van der Waals surface area contributed by atoms with Gasteiger partial charge in [0, 0.05) is 18.4 Å². The minimum Gasteiger partial charge on any atom is -0.314 e. The number of carbonyl (C=O) groups is 1. The van der Waals surface area contributed by atoms with E-state index in [0.29, 0.717) is 0 Å². The number of aryl methyl sites for hydroxylation is 1. The van der Waals surface area contributed by atoms with E-state index in [-0.39, 0.29) is 11.4 Å². The fraction of sp³-hybridized carbons (Fsp3) is 0.471. The molecule has 1 N–H and O–H groups in total. The van der Waals surface area contributed by atoms with E-state index >= 15 is 0 Å². The first-order valence-corrected chi connectivity index (χ1v) is 7.23.